The molecule has 1 aromatic carbocycles. The largest absolute Gasteiger partial charge is 0.490 e. The average Bonchev–Trinajstić information content (AvgIpc) is 2.86. The molecule has 3 rings (SSSR count). The van der Waals surface area contributed by atoms with Crippen LogP contribution in [-0.4, -0.2) is 28.9 Å². The summed E-state index contributed by atoms with van der Waals surface area (Å²) in [6.45, 7) is 3.72. The fourth-order valence-electron chi connectivity index (χ4n) is 2.47. The number of unbranched alkanes of at least 4 members (excludes halogenated alkanes) is 1. The highest BCUT2D eigenvalue weighted by Crippen LogP contribution is 2.32. The number of hydrogen-bond acceptors (Lipinski definition) is 5. The van der Waals surface area contributed by atoms with Gasteiger partial charge in [0.15, 0.2) is 11.5 Å². The summed E-state index contributed by atoms with van der Waals surface area (Å²) in [6, 6.07) is 8.05. The lowest BCUT2D eigenvalue weighted by Crippen LogP contribution is -2.26. The second-order valence-electron chi connectivity index (χ2n) is 5.80. The monoisotopic (exact) mass is 343 g/mol. The Kier molecular flexibility index (Phi) is 5.33. The number of carbonyl (C=O) groups is 1. The predicted molar refractivity (Wildman–Crippen MR) is 93.4 cm³/mol. The fourth-order valence-corrected chi connectivity index (χ4v) is 2.47. The minimum absolute atomic E-state index is 0.197. The topological polar surface area (TPSA) is 82.5 Å². The van der Waals surface area contributed by atoms with E-state index < -0.39 is 0 Å². The van der Waals surface area contributed by atoms with Gasteiger partial charge in [-0.05, 0) is 24.6 Å². The molecule has 2 heterocycles. The van der Waals surface area contributed by atoms with E-state index in [2.05, 4.69) is 10.4 Å². The van der Waals surface area contributed by atoms with Gasteiger partial charge in [-0.3, -0.25) is 9.59 Å². The number of nitrogens with zero attached hydrogens (tertiary/aromatic N) is 2. The van der Waals surface area contributed by atoms with Crippen LogP contribution in [0.25, 0.3) is 0 Å². The molecule has 0 saturated carbocycles. The molecular weight excluding hydrogens is 322 g/mol. The number of aryl methyl sites for hydroxylation is 1. The van der Waals surface area contributed by atoms with Gasteiger partial charge in [0.2, 0.25) is 0 Å². The Labute approximate surface area is 145 Å². The third-order valence-electron chi connectivity index (χ3n) is 3.83. The lowest BCUT2D eigenvalue weighted by Gasteiger charge is -2.11. The first-order valence-corrected chi connectivity index (χ1v) is 8.46. The minimum Gasteiger partial charge on any atom is -0.490 e. The SMILES string of the molecule is CCCCn1nc(C(=O)Nc2ccc3c(c2)OCCCO3)ccc1=O. The second-order valence-corrected chi connectivity index (χ2v) is 5.80. The summed E-state index contributed by atoms with van der Waals surface area (Å²) in [5.41, 5.74) is 0.575. The maximum Gasteiger partial charge on any atom is 0.276 e. The molecule has 7 nitrogen and oxygen atoms in total. The van der Waals surface area contributed by atoms with Crippen LogP contribution in [0.1, 0.15) is 36.7 Å². The van der Waals surface area contributed by atoms with Gasteiger partial charge in [0.05, 0.1) is 13.2 Å². The first-order chi connectivity index (χ1) is 12.2. The molecule has 0 spiro atoms. The highest BCUT2D eigenvalue weighted by Gasteiger charge is 2.14. The van der Waals surface area contributed by atoms with Crippen LogP contribution in [0.3, 0.4) is 0 Å². The number of nitrogens with one attached hydrogen (secondary N) is 1. The lowest BCUT2D eigenvalue weighted by molar-refractivity contribution is 0.101. The number of carbonyl (C=O) groups excluding carboxylic acids is 1. The molecule has 1 aliphatic rings. The van der Waals surface area contributed by atoms with Crippen LogP contribution in [0.2, 0.25) is 0 Å². The summed E-state index contributed by atoms with van der Waals surface area (Å²) in [6.07, 6.45) is 2.60. The molecule has 7 heteroatoms. The Morgan fingerprint density at radius 1 is 1.20 bits per heavy atom. The number of amides is 1. The summed E-state index contributed by atoms with van der Waals surface area (Å²) < 4.78 is 12.5. The van der Waals surface area contributed by atoms with Crippen LogP contribution in [0.4, 0.5) is 5.69 Å². The molecule has 1 N–H and O–H groups in total. The first-order valence-electron chi connectivity index (χ1n) is 8.46. The lowest BCUT2D eigenvalue weighted by atomic mass is 10.2. The zero-order valence-corrected chi connectivity index (χ0v) is 14.2. The van der Waals surface area contributed by atoms with Crippen LogP contribution < -0.4 is 20.3 Å². The number of hydrogen-bond donors (Lipinski definition) is 1. The van der Waals surface area contributed by atoms with Crippen LogP contribution in [-0.2, 0) is 6.54 Å². The van der Waals surface area contributed by atoms with Gasteiger partial charge < -0.3 is 14.8 Å². The number of ether oxygens (including phenoxy) is 2. The van der Waals surface area contributed by atoms with E-state index >= 15 is 0 Å². The summed E-state index contributed by atoms with van der Waals surface area (Å²) in [5, 5.41) is 6.92. The van der Waals surface area contributed by atoms with Crippen molar-refractivity contribution in [1.29, 1.82) is 0 Å². The third-order valence-corrected chi connectivity index (χ3v) is 3.83. The van der Waals surface area contributed by atoms with Crippen molar-refractivity contribution in [3.63, 3.8) is 0 Å². The molecule has 1 amide bonds. The molecule has 1 aromatic heterocycles. The third kappa shape index (κ3) is 4.17. The van der Waals surface area contributed by atoms with Crippen molar-refractivity contribution in [2.24, 2.45) is 0 Å². The van der Waals surface area contributed by atoms with Crippen LogP contribution in [0.15, 0.2) is 35.1 Å². The Morgan fingerprint density at radius 2 is 2.00 bits per heavy atom. The fraction of sp³-hybridized carbons (Fsp3) is 0.389. The average molecular weight is 343 g/mol. The van der Waals surface area contributed by atoms with Crippen molar-refractivity contribution in [1.82, 2.24) is 9.78 Å². The highest BCUT2D eigenvalue weighted by molar-refractivity contribution is 6.02. The number of benzene rings is 1. The molecule has 0 saturated heterocycles. The Balaban J connectivity index is 1.76. The van der Waals surface area contributed by atoms with Crippen molar-refractivity contribution >= 4 is 11.6 Å². The molecule has 0 atom stereocenters. The summed E-state index contributed by atoms with van der Waals surface area (Å²) in [5.74, 6) is 0.901. The Morgan fingerprint density at radius 3 is 2.80 bits per heavy atom. The van der Waals surface area contributed by atoms with E-state index in [1.165, 1.54) is 16.8 Å². The molecule has 0 radical (unpaired) electrons. The molecule has 0 aliphatic carbocycles. The number of aromatic nitrogens is 2. The summed E-state index contributed by atoms with van der Waals surface area (Å²) >= 11 is 0. The van der Waals surface area contributed by atoms with Crippen molar-refractivity contribution in [2.75, 3.05) is 18.5 Å². The van der Waals surface area contributed by atoms with Crippen LogP contribution in [0.5, 0.6) is 11.5 Å². The van der Waals surface area contributed by atoms with Crippen molar-refractivity contribution in [2.45, 2.75) is 32.7 Å². The normalized spacial score (nSPS) is 13.2. The molecule has 1 aliphatic heterocycles. The van der Waals surface area contributed by atoms with Gasteiger partial charge in [0, 0.05) is 30.8 Å². The van der Waals surface area contributed by atoms with Gasteiger partial charge in [-0.15, -0.1) is 0 Å². The summed E-state index contributed by atoms with van der Waals surface area (Å²) in [7, 11) is 0. The maximum absolute atomic E-state index is 12.4. The highest BCUT2D eigenvalue weighted by atomic mass is 16.5. The van der Waals surface area contributed by atoms with E-state index in [1.807, 2.05) is 6.92 Å². The standard InChI is InChI=1S/C18H21N3O4/c1-2-3-9-21-17(22)8-6-14(20-21)18(23)19-13-5-7-15-16(12-13)25-11-4-10-24-15/h5-8,12H,2-4,9-11H2,1H3,(H,19,23). The van der Waals surface area contributed by atoms with Gasteiger partial charge in [-0.2, -0.15) is 5.10 Å². The predicted octanol–water partition coefficient (Wildman–Crippen LogP) is 2.46. The van der Waals surface area contributed by atoms with Gasteiger partial charge in [0.25, 0.3) is 11.5 Å². The first kappa shape index (κ1) is 17.0. The Bertz CT molecular complexity index is 816. The van der Waals surface area contributed by atoms with Crippen LogP contribution >= 0.6 is 0 Å². The van der Waals surface area contributed by atoms with E-state index in [0.29, 0.717) is 36.9 Å². The molecule has 25 heavy (non-hydrogen) atoms. The quantitative estimate of drug-likeness (QED) is 0.902. The van der Waals surface area contributed by atoms with Gasteiger partial charge in [-0.25, -0.2) is 4.68 Å². The molecule has 0 fully saturated rings. The van der Waals surface area contributed by atoms with Crippen molar-refractivity contribution in [3.05, 3.63) is 46.4 Å². The molecule has 2 aromatic rings. The molecular formula is C18H21N3O4. The number of anilines is 1. The van der Waals surface area contributed by atoms with E-state index in [4.69, 9.17) is 9.47 Å². The van der Waals surface area contributed by atoms with E-state index in [9.17, 15) is 9.59 Å². The molecule has 0 unspecified atom stereocenters. The van der Waals surface area contributed by atoms with Gasteiger partial charge in [-0.1, -0.05) is 13.3 Å². The zero-order valence-electron chi connectivity index (χ0n) is 14.2. The zero-order chi connectivity index (χ0) is 17.6. The second kappa shape index (κ2) is 7.83. The minimum atomic E-state index is -0.375. The van der Waals surface area contributed by atoms with E-state index in [0.717, 1.165) is 19.3 Å². The van der Waals surface area contributed by atoms with Gasteiger partial charge in [0.1, 0.15) is 5.69 Å². The maximum atomic E-state index is 12.4. The van der Waals surface area contributed by atoms with Crippen molar-refractivity contribution in [3.8, 4) is 11.5 Å². The summed E-state index contributed by atoms with van der Waals surface area (Å²) in [4.78, 5) is 24.2. The molecule has 132 valence electrons. The Hall–Kier alpha value is -2.83. The number of rotatable bonds is 5. The van der Waals surface area contributed by atoms with Crippen LogP contribution in [0, 0.1) is 0 Å². The van der Waals surface area contributed by atoms with Gasteiger partial charge >= 0.3 is 0 Å². The van der Waals surface area contributed by atoms with Crippen molar-refractivity contribution < 1.29 is 14.3 Å². The smallest absolute Gasteiger partial charge is 0.276 e. The van der Waals surface area contributed by atoms with E-state index in [1.54, 1.807) is 18.2 Å². The molecule has 0 bridgehead atoms. The van der Waals surface area contributed by atoms with E-state index in [-0.39, 0.29) is 17.2 Å². The number of fused-ring (bicyclic) bond motifs is 1.